The lowest BCUT2D eigenvalue weighted by molar-refractivity contribution is 0.306. The Kier molecular flexibility index (Phi) is 6.71. The summed E-state index contributed by atoms with van der Waals surface area (Å²) in [4.78, 5) is 0. The van der Waals surface area contributed by atoms with Gasteiger partial charge in [-0.2, -0.15) is 0 Å². The molecule has 0 aliphatic rings. The van der Waals surface area contributed by atoms with Gasteiger partial charge in [0.2, 0.25) is 0 Å². The van der Waals surface area contributed by atoms with Gasteiger partial charge < -0.3 is 10.1 Å². The number of benzene rings is 2. The summed E-state index contributed by atoms with van der Waals surface area (Å²) in [7, 11) is 1.94. The molecule has 19 heavy (non-hydrogen) atoms. The number of halogens is 2. The standard InChI is InChI=1S/C15H16ClNO.ClH/c1-17-10-12-4-8-15(9-5-12)18-11-13-2-6-14(16)7-3-13;/h2-9,17H,10-11H2,1H3;1H. The molecule has 0 unspecified atom stereocenters. The number of nitrogens with one attached hydrogen (secondary N) is 1. The van der Waals surface area contributed by atoms with Crippen LogP contribution in [0.5, 0.6) is 5.75 Å². The van der Waals surface area contributed by atoms with E-state index in [1.165, 1.54) is 5.56 Å². The van der Waals surface area contributed by atoms with Gasteiger partial charge in [0.15, 0.2) is 0 Å². The van der Waals surface area contributed by atoms with Crippen LogP contribution < -0.4 is 10.1 Å². The second-order valence-electron chi connectivity index (χ2n) is 4.09. The molecule has 2 nitrogen and oxygen atoms in total. The van der Waals surface area contributed by atoms with Crippen molar-refractivity contribution in [3.8, 4) is 5.75 Å². The first-order valence-corrected chi connectivity index (χ1v) is 6.26. The second-order valence-corrected chi connectivity index (χ2v) is 4.53. The Morgan fingerprint density at radius 2 is 1.53 bits per heavy atom. The third-order valence-corrected chi connectivity index (χ3v) is 2.87. The van der Waals surface area contributed by atoms with Crippen LogP contribution in [0, 0.1) is 0 Å². The molecule has 2 aromatic rings. The maximum atomic E-state index is 5.83. The lowest BCUT2D eigenvalue weighted by Gasteiger charge is -2.07. The van der Waals surface area contributed by atoms with Crippen LogP contribution in [0.4, 0.5) is 0 Å². The van der Waals surface area contributed by atoms with Crippen molar-refractivity contribution in [3.63, 3.8) is 0 Å². The van der Waals surface area contributed by atoms with Crippen molar-refractivity contribution in [1.82, 2.24) is 5.32 Å². The molecule has 4 heteroatoms. The van der Waals surface area contributed by atoms with Crippen LogP contribution in [-0.2, 0) is 13.2 Å². The first kappa shape index (κ1) is 15.8. The zero-order valence-corrected chi connectivity index (χ0v) is 12.3. The van der Waals surface area contributed by atoms with E-state index >= 15 is 0 Å². The fourth-order valence-corrected chi connectivity index (χ4v) is 1.78. The zero-order valence-electron chi connectivity index (χ0n) is 10.7. The number of rotatable bonds is 5. The summed E-state index contributed by atoms with van der Waals surface area (Å²) < 4.78 is 5.70. The smallest absolute Gasteiger partial charge is 0.119 e. The molecule has 0 heterocycles. The molecule has 0 saturated carbocycles. The van der Waals surface area contributed by atoms with E-state index in [0.29, 0.717) is 6.61 Å². The maximum absolute atomic E-state index is 5.83. The van der Waals surface area contributed by atoms with E-state index in [2.05, 4.69) is 17.4 Å². The molecule has 0 aliphatic heterocycles. The van der Waals surface area contributed by atoms with Crippen LogP contribution in [0.15, 0.2) is 48.5 Å². The van der Waals surface area contributed by atoms with Gasteiger partial charge in [-0.15, -0.1) is 12.4 Å². The highest BCUT2D eigenvalue weighted by Crippen LogP contribution is 2.15. The summed E-state index contributed by atoms with van der Waals surface area (Å²) in [5.41, 5.74) is 2.36. The molecule has 102 valence electrons. The summed E-state index contributed by atoms with van der Waals surface area (Å²) in [6, 6.07) is 15.8. The Balaban J connectivity index is 0.00000180. The monoisotopic (exact) mass is 297 g/mol. The third-order valence-electron chi connectivity index (χ3n) is 2.62. The van der Waals surface area contributed by atoms with E-state index < -0.39 is 0 Å². The first-order valence-electron chi connectivity index (χ1n) is 5.89. The highest BCUT2D eigenvalue weighted by Gasteiger charge is 1.97. The van der Waals surface area contributed by atoms with Crippen molar-refractivity contribution < 1.29 is 4.74 Å². The van der Waals surface area contributed by atoms with Crippen LogP contribution in [0.2, 0.25) is 5.02 Å². The van der Waals surface area contributed by atoms with Gasteiger partial charge in [-0.1, -0.05) is 35.9 Å². The van der Waals surface area contributed by atoms with Gasteiger partial charge >= 0.3 is 0 Å². The SMILES string of the molecule is CNCc1ccc(OCc2ccc(Cl)cc2)cc1.Cl. The number of hydrogen-bond donors (Lipinski definition) is 1. The highest BCUT2D eigenvalue weighted by atomic mass is 35.5. The summed E-state index contributed by atoms with van der Waals surface area (Å²) >= 11 is 5.83. The van der Waals surface area contributed by atoms with Crippen molar-refractivity contribution >= 4 is 24.0 Å². The molecular weight excluding hydrogens is 281 g/mol. The Bertz CT molecular complexity index is 483. The Labute approximate surface area is 125 Å². The van der Waals surface area contributed by atoms with Crippen molar-refractivity contribution in [1.29, 1.82) is 0 Å². The average molecular weight is 298 g/mol. The van der Waals surface area contributed by atoms with Gasteiger partial charge in [-0.25, -0.2) is 0 Å². The lowest BCUT2D eigenvalue weighted by atomic mass is 10.2. The molecule has 0 bridgehead atoms. The minimum absolute atomic E-state index is 0. The van der Waals surface area contributed by atoms with Gasteiger partial charge in [-0.05, 0) is 42.4 Å². The normalized spacial score (nSPS) is 9.79. The Morgan fingerprint density at radius 1 is 0.947 bits per heavy atom. The average Bonchev–Trinajstić information content (AvgIpc) is 2.40. The highest BCUT2D eigenvalue weighted by molar-refractivity contribution is 6.30. The molecule has 2 rings (SSSR count). The van der Waals surface area contributed by atoms with E-state index in [9.17, 15) is 0 Å². The summed E-state index contributed by atoms with van der Waals surface area (Å²) in [6.45, 7) is 1.43. The molecule has 0 saturated heterocycles. The molecule has 0 fully saturated rings. The van der Waals surface area contributed by atoms with Crippen molar-refractivity contribution in [2.24, 2.45) is 0 Å². The van der Waals surface area contributed by atoms with E-state index in [4.69, 9.17) is 16.3 Å². The molecule has 0 aromatic heterocycles. The van der Waals surface area contributed by atoms with E-state index in [-0.39, 0.29) is 12.4 Å². The quantitative estimate of drug-likeness (QED) is 0.898. The number of ether oxygens (including phenoxy) is 1. The minimum atomic E-state index is 0. The summed E-state index contributed by atoms with van der Waals surface area (Å²) in [5.74, 6) is 0.879. The van der Waals surface area contributed by atoms with Gasteiger partial charge in [0.25, 0.3) is 0 Å². The molecular formula is C15H17Cl2NO. The molecule has 0 aliphatic carbocycles. The van der Waals surface area contributed by atoms with Gasteiger partial charge in [0.05, 0.1) is 0 Å². The maximum Gasteiger partial charge on any atom is 0.119 e. The van der Waals surface area contributed by atoms with Crippen molar-refractivity contribution in [2.45, 2.75) is 13.2 Å². The summed E-state index contributed by atoms with van der Waals surface area (Å²) in [6.07, 6.45) is 0. The van der Waals surface area contributed by atoms with Gasteiger partial charge in [-0.3, -0.25) is 0 Å². The van der Waals surface area contributed by atoms with E-state index in [1.807, 2.05) is 43.4 Å². The third kappa shape index (κ3) is 5.11. The van der Waals surface area contributed by atoms with Gasteiger partial charge in [0, 0.05) is 11.6 Å². The lowest BCUT2D eigenvalue weighted by Crippen LogP contribution is -2.04. The van der Waals surface area contributed by atoms with E-state index in [1.54, 1.807) is 0 Å². The molecule has 0 atom stereocenters. The largest absolute Gasteiger partial charge is 0.489 e. The van der Waals surface area contributed by atoms with Crippen LogP contribution in [-0.4, -0.2) is 7.05 Å². The fraction of sp³-hybridized carbons (Fsp3) is 0.200. The van der Waals surface area contributed by atoms with Crippen molar-refractivity contribution in [2.75, 3.05) is 7.05 Å². The first-order chi connectivity index (χ1) is 8.78. The predicted molar refractivity (Wildman–Crippen MR) is 82.2 cm³/mol. The predicted octanol–water partition coefficient (Wildman–Crippen LogP) is 4.06. The Hall–Kier alpha value is -1.22. The van der Waals surface area contributed by atoms with E-state index in [0.717, 1.165) is 22.9 Å². The van der Waals surface area contributed by atoms with Crippen LogP contribution >= 0.6 is 24.0 Å². The molecule has 0 spiro atoms. The molecule has 1 N–H and O–H groups in total. The Morgan fingerprint density at radius 3 is 2.11 bits per heavy atom. The zero-order chi connectivity index (χ0) is 12.8. The van der Waals surface area contributed by atoms with Crippen molar-refractivity contribution in [3.05, 3.63) is 64.7 Å². The fourth-order valence-electron chi connectivity index (χ4n) is 1.65. The molecule has 2 aromatic carbocycles. The number of hydrogen-bond acceptors (Lipinski definition) is 2. The minimum Gasteiger partial charge on any atom is -0.489 e. The van der Waals surface area contributed by atoms with Crippen LogP contribution in [0.3, 0.4) is 0 Å². The summed E-state index contributed by atoms with van der Waals surface area (Å²) in [5, 5.41) is 3.86. The van der Waals surface area contributed by atoms with Gasteiger partial charge in [0.1, 0.15) is 12.4 Å². The molecule has 0 amide bonds. The second kappa shape index (κ2) is 8.05. The van der Waals surface area contributed by atoms with Crippen LogP contribution in [0.25, 0.3) is 0 Å². The topological polar surface area (TPSA) is 21.3 Å². The van der Waals surface area contributed by atoms with Crippen LogP contribution in [0.1, 0.15) is 11.1 Å². The molecule has 0 radical (unpaired) electrons.